The van der Waals surface area contributed by atoms with Gasteiger partial charge in [0.1, 0.15) is 5.75 Å². The molecule has 0 saturated carbocycles. The molecule has 158 valence electrons. The number of amides is 1. The van der Waals surface area contributed by atoms with Crippen LogP contribution in [0.2, 0.25) is 0 Å². The molecule has 0 bridgehead atoms. The summed E-state index contributed by atoms with van der Waals surface area (Å²) in [6, 6.07) is 13.2. The quantitative estimate of drug-likeness (QED) is 0.470. The van der Waals surface area contributed by atoms with Crippen molar-refractivity contribution in [3.8, 4) is 17.0 Å². The second-order valence-corrected chi connectivity index (χ2v) is 7.87. The van der Waals surface area contributed by atoms with E-state index >= 15 is 0 Å². The van der Waals surface area contributed by atoms with Crippen LogP contribution in [0.25, 0.3) is 22.2 Å². The molecule has 2 heterocycles. The number of carbonyl (C=O) groups excluding carboxylic acids is 1. The van der Waals surface area contributed by atoms with Gasteiger partial charge in [0.25, 0.3) is 5.56 Å². The molecule has 0 atom stereocenters. The van der Waals surface area contributed by atoms with Gasteiger partial charge in [-0.3, -0.25) is 14.2 Å². The number of nitrogens with zero attached hydrogens (tertiary/aromatic N) is 3. The summed E-state index contributed by atoms with van der Waals surface area (Å²) in [5.41, 5.74) is 3.23. The fourth-order valence-electron chi connectivity index (χ4n) is 3.25. The summed E-state index contributed by atoms with van der Waals surface area (Å²) in [4.78, 5) is 33.9. The Kier molecular flexibility index (Phi) is 6.08. The Bertz CT molecular complexity index is 1280. The molecule has 0 spiro atoms. The molecule has 0 aliphatic carbocycles. The van der Waals surface area contributed by atoms with E-state index < -0.39 is 0 Å². The van der Waals surface area contributed by atoms with Crippen LogP contribution in [-0.2, 0) is 11.3 Å². The van der Waals surface area contributed by atoms with E-state index in [1.165, 1.54) is 22.2 Å². The fraction of sp³-hybridized carbons (Fsp3) is 0.217. The van der Waals surface area contributed by atoms with E-state index in [9.17, 15) is 9.59 Å². The molecule has 1 N–H and O–H groups in total. The summed E-state index contributed by atoms with van der Waals surface area (Å²) in [7, 11) is 0. The summed E-state index contributed by atoms with van der Waals surface area (Å²) in [5.74, 6) is 0.604. The molecule has 0 aliphatic rings. The Morgan fingerprint density at radius 3 is 2.77 bits per heavy atom. The van der Waals surface area contributed by atoms with Crippen molar-refractivity contribution in [3.63, 3.8) is 0 Å². The summed E-state index contributed by atoms with van der Waals surface area (Å²) in [6.07, 6.45) is 1.65. The molecule has 2 aromatic carbocycles. The van der Waals surface area contributed by atoms with Crippen molar-refractivity contribution in [1.29, 1.82) is 0 Å². The van der Waals surface area contributed by atoms with Crippen LogP contribution in [0.5, 0.6) is 5.75 Å². The molecule has 0 aliphatic heterocycles. The van der Waals surface area contributed by atoms with E-state index in [1.807, 2.05) is 55.6 Å². The van der Waals surface area contributed by atoms with Gasteiger partial charge < -0.3 is 10.1 Å². The van der Waals surface area contributed by atoms with Crippen molar-refractivity contribution < 1.29 is 9.53 Å². The lowest BCUT2D eigenvalue weighted by molar-refractivity contribution is -0.116. The SMILES string of the molecule is CCOc1ccc(-c2csc(NC(=O)CCn3cnc4c(C)cccc4c3=O)n2)cc1. The lowest BCUT2D eigenvalue weighted by atomic mass is 10.1. The van der Waals surface area contributed by atoms with Crippen LogP contribution in [-0.4, -0.2) is 27.0 Å². The van der Waals surface area contributed by atoms with Crippen LogP contribution < -0.4 is 15.6 Å². The third-order valence-corrected chi connectivity index (χ3v) is 5.60. The predicted molar refractivity (Wildman–Crippen MR) is 123 cm³/mol. The highest BCUT2D eigenvalue weighted by Gasteiger charge is 2.11. The maximum atomic E-state index is 12.6. The summed E-state index contributed by atoms with van der Waals surface area (Å²) in [5, 5.41) is 5.78. The van der Waals surface area contributed by atoms with Crippen LogP contribution >= 0.6 is 11.3 Å². The monoisotopic (exact) mass is 434 g/mol. The number of benzene rings is 2. The molecule has 1 amide bonds. The van der Waals surface area contributed by atoms with Crippen LogP contribution in [0.15, 0.2) is 59.0 Å². The summed E-state index contributed by atoms with van der Waals surface area (Å²) < 4.78 is 6.92. The van der Waals surface area contributed by atoms with Gasteiger partial charge in [0.05, 0.1) is 29.5 Å². The number of ether oxygens (including phenoxy) is 1. The third-order valence-electron chi connectivity index (χ3n) is 4.85. The molecule has 0 radical (unpaired) electrons. The first-order valence-electron chi connectivity index (χ1n) is 9.98. The van der Waals surface area contributed by atoms with Gasteiger partial charge in [0, 0.05) is 23.9 Å². The Hall–Kier alpha value is -3.52. The minimum atomic E-state index is -0.205. The maximum Gasteiger partial charge on any atom is 0.261 e. The van der Waals surface area contributed by atoms with Crippen molar-refractivity contribution in [2.24, 2.45) is 0 Å². The van der Waals surface area contributed by atoms with Gasteiger partial charge >= 0.3 is 0 Å². The summed E-state index contributed by atoms with van der Waals surface area (Å²) in [6.45, 7) is 4.73. The third kappa shape index (κ3) is 4.64. The summed E-state index contributed by atoms with van der Waals surface area (Å²) >= 11 is 1.36. The highest BCUT2D eigenvalue weighted by Crippen LogP contribution is 2.26. The molecule has 8 heteroatoms. The van der Waals surface area contributed by atoms with Gasteiger partial charge in [-0.05, 0) is 49.7 Å². The molecule has 4 aromatic rings. The van der Waals surface area contributed by atoms with Gasteiger partial charge in [-0.25, -0.2) is 9.97 Å². The Morgan fingerprint density at radius 1 is 1.19 bits per heavy atom. The normalized spacial score (nSPS) is 10.9. The molecule has 4 rings (SSSR count). The number of para-hydroxylation sites is 1. The van der Waals surface area contributed by atoms with E-state index in [0.717, 1.165) is 22.6 Å². The first-order valence-corrected chi connectivity index (χ1v) is 10.9. The van der Waals surface area contributed by atoms with Crippen molar-refractivity contribution in [1.82, 2.24) is 14.5 Å². The number of hydrogen-bond donors (Lipinski definition) is 1. The first kappa shape index (κ1) is 20.7. The Balaban J connectivity index is 1.39. The predicted octanol–water partition coefficient (Wildman–Crippen LogP) is 4.26. The maximum absolute atomic E-state index is 12.6. The highest BCUT2D eigenvalue weighted by molar-refractivity contribution is 7.14. The van der Waals surface area contributed by atoms with Gasteiger partial charge in [-0.2, -0.15) is 0 Å². The lowest BCUT2D eigenvalue weighted by Crippen LogP contribution is -2.23. The minimum absolute atomic E-state index is 0.145. The molecule has 2 aromatic heterocycles. The zero-order valence-corrected chi connectivity index (χ0v) is 18.1. The Labute approximate surface area is 183 Å². The van der Waals surface area contributed by atoms with E-state index in [1.54, 1.807) is 6.07 Å². The molecule has 0 unspecified atom stereocenters. The average Bonchev–Trinajstić information content (AvgIpc) is 3.23. The van der Waals surface area contributed by atoms with E-state index in [4.69, 9.17) is 4.74 Å². The number of rotatable bonds is 7. The zero-order valence-electron chi connectivity index (χ0n) is 17.3. The van der Waals surface area contributed by atoms with E-state index in [2.05, 4.69) is 15.3 Å². The number of thiazole rings is 1. The number of fused-ring (bicyclic) bond motifs is 1. The standard InChI is InChI=1S/C23H22N4O3S/c1-3-30-17-9-7-16(8-10-17)19-13-31-23(25-19)26-20(28)11-12-27-14-24-21-15(2)5-4-6-18(21)22(27)29/h4-10,13-14H,3,11-12H2,1-2H3,(H,25,26,28). The second kappa shape index (κ2) is 9.09. The van der Waals surface area contributed by atoms with Crippen molar-refractivity contribution >= 4 is 33.3 Å². The van der Waals surface area contributed by atoms with Crippen molar-refractivity contribution in [2.75, 3.05) is 11.9 Å². The number of hydrogen-bond acceptors (Lipinski definition) is 6. The van der Waals surface area contributed by atoms with Crippen LogP contribution in [0, 0.1) is 6.92 Å². The molecular weight excluding hydrogens is 412 g/mol. The van der Waals surface area contributed by atoms with Gasteiger partial charge in [-0.15, -0.1) is 11.3 Å². The van der Waals surface area contributed by atoms with Crippen molar-refractivity contribution in [2.45, 2.75) is 26.8 Å². The van der Waals surface area contributed by atoms with Crippen LogP contribution in [0.1, 0.15) is 18.9 Å². The minimum Gasteiger partial charge on any atom is -0.494 e. The first-order chi connectivity index (χ1) is 15.0. The fourth-order valence-corrected chi connectivity index (χ4v) is 3.99. The van der Waals surface area contributed by atoms with Gasteiger partial charge in [0.2, 0.25) is 5.91 Å². The zero-order chi connectivity index (χ0) is 21.8. The molecule has 7 nitrogen and oxygen atoms in total. The Morgan fingerprint density at radius 2 is 2.00 bits per heavy atom. The average molecular weight is 435 g/mol. The smallest absolute Gasteiger partial charge is 0.261 e. The van der Waals surface area contributed by atoms with Crippen LogP contribution in [0.3, 0.4) is 0 Å². The number of anilines is 1. The number of carbonyl (C=O) groups is 1. The molecular formula is C23H22N4O3S. The van der Waals surface area contributed by atoms with E-state index in [-0.39, 0.29) is 24.4 Å². The van der Waals surface area contributed by atoms with Crippen molar-refractivity contribution in [3.05, 3.63) is 70.1 Å². The molecule has 0 saturated heterocycles. The molecule has 0 fully saturated rings. The van der Waals surface area contributed by atoms with Crippen LogP contribution in [0.4, 0.5) is 5.13 Å². The lowest BCUT2D eigenvalue weighted by Gasteiger charge is -2.07. The van der Waals surface area contributed by atoms with Gasteiger partial charge in [-0.1, -0.05) is 12.1 Å². The largest absolute Gasteiger partial charge is 0.494 e. The van der Waals surface area contributed by atoms with E-state index in [0.29, 0.717) is 22.6 Å². The number of aryl methyl sites for hydroxylation is 2. The number of aromatic nitrogens is 3. The van der Waals surface area contributed by atoms with Gasteiger partial charge in [0.15, 0.2) is 5.13 Å². The second-order valence-electron chi connectivity index (χ2n) is 7.01. The highest BCUT2D eigenvalue weighted by atomic mass is 32.1. The topological polar surface area (TPSA) is 86.1 Å². The molecule has 31 heavy (non-hydrogen) atoms. The number of nitrogens with one attached hydrogen (secondary N) is 1.